The lowest BCUT2D eigenvalue weighted by molar-refractivity contribution is -0.155. The third-order valence-corrected chi connectivity index (χ3v) is 3.01. The number of rotatable bonds is 3. The molecule has 0 aromatic heterocycles. The van der Waals surface area contributed by atoms with Gasteiger partial charge >= 0.3 is 5.97 Å². The Balaban J connectivity index is 2.69. The van der Waals surface area contributed by atoms with Gasteiger partial charge in [0.25, 0.3) is 0 Å². The zero-order valence-electron chi connectivity index (χ0n) is 8.38. The van der Waals surface area contributed by atoms with Crippen LogP contribution in [0.4, 0.5) is 0 Å². The molecular weight excluding hydrogens is 168 g/mol. The van der Waals surface area contributed by atoms with Crippen molar-refractivity contribution in [3.8, 4) is 0 Å². The van der Waals surface area contributed by atoms with E-state index in [9.17, 15) is 9.90 Å². The summed E-state index contributed by atoms with van der Waals surface area (Å²) in [5.41, 5.74) is -0.790. The van der Waals surface area contributed by atoms with Gasteiger partial charge in [-0.1, -0.05) is 19.8 Å². The maximum Gasteiger partial charge on any atom is 0.311 e. The fraction of sp³-hybridized carbons (Fsp3) is 0.900. The van der Waals surface area contributed by atoms with E-state index >= 15 is 0 Å². The lowest BCUT2D eigenvalue weighted by atomic mass is 9.84. The van der Waals surface area contributed by atoms with E-state index in [1.54, 1.807) is 0 Å². The predicted molar refractivity (Wildman–Crippen MR) is 49.2 cm³/mol. The maximum atomic E-state index is 11.4. The van der Waals surface area contributed by atoms with Crippen LogP contribution in [0.1, 0.15) is 39.0 Å². The maximum absolute atomic E-state index is 11.4. The van der Waals surface area contributed by atoms with E-state index in [4.69, 9.17) is 0 Å². The molecule has 1 saturated carbocycles. The molecule has 1 atom stereocenters. The van der Waals surface area contributed by atoms with Crippen LogP contribution in [0.2, 0.25) is 0 Å². The van der Waals surface area contributed by atoms with Crippen LogP contribution >= 0.6 is 0 Å². The summed E-state index contributed by atoms with van der Waals surface area (Å²) in [5, 5.41) is 10.2. The van der Waals surface area contributed by atoms with Gasteiger partial charge in [-0.3, -0.25) is 4.79 Å². The number of carbonyl (C=O) groups is 1. The molecule has 0 aromatic rings. The van der Waals surface area contributed by atoms with Crippen LogP contribution in [0.3, 0.4) is 0 Å². The molecule has 0 aliphatic heterocycles. The van der Waals surface area contributed by atoms with Crippen molar-refractivity contribution in [2.24, 2.45) is 5.92 Å². The van der Waals surface area contributed by atoms with Gasteiger partial charge in [0.05, 0.1) is 18.6 Å². The first-order valence-electron chi connectivity index (χ1n) is 4.94. The zero-order valence-corrected chi connectivity index (χ0v) is 8.38. The summed E-state index contributed by atoms with van der Waals surface area (Å²) in [4.78, 5) is 11.4. The highest BCUT2D eigenvalue weighted by molar-refractivity contribution is 5.73. The second kappa shape index (κ2) is 4.09. The molecule has 3 nitrogen and oxygen atoms in total. The molecule has 1 fully saturated rings. The van der Waals surface area contributed by atoms with E-state index in [0.717, 1.165) is 25.7 Å². The molecule has 0 amide bonds. The Bertz CT molecular complexity index is 183. The number of carbonyl (C=O) groups excluding carboxylic acids is 1. The molecule has 0 bridgehead atoms. The van der Waals surface area contributed by atoms with Crippen molar-refractivity contribution < 1.29 is 14.6 Å². The molecule has 1 unspecified atom stereocenters. The van der Waals surface area contributed by atoms with Crippen LogP contribution in [0.5, 0.6) is 0 Å². The van der Waals surface area contributed by atoms with Crippen molar-refractivity contribution >= 4 is 5.97 Å². The summed E-state index contributed by atoms with van der Waals surface area (Å²) in [6.45, 7) is 1.91. The fourth-order valence-electron chi connectivity index (χ4n) is 2.24. The van der Waals surface area contributed by atoms with E-state index in [-0.39, 0.29) is 11.9 Å². The Kier molecular flexibility index (Phi) is 3.31. The van der Waals surface area contributed by atoms with Gasteiger partial charge in [-0.05, 0) is 19.3 Å². The van der Waals surface area contributed by atoms with Gasteiger partial charge < -0.3 is 9.84 Å². The van der Waals surface area contributed by atoms with Crippen molar-refractivity contribution in [2.75, 3.05) is 7.11 Å². The Morgan fingerprint density at radius 1 is 1.54 bits per heavy atom. The highest BCUT2D eigenvalue weighted by Gasteiger charge is 2.42. The first-order valence-corrected chi connectivity index (χ1v) is 4.94. The summed E-state index contributed by atoms with van der Waals surface area (Å²) in [7, 11) is 1.38. The molecule has 0 spiro atoms. The van der Waals surface area contributed by atoms with Gasteiger partial charge in [0.2, 0.25) is 0 Å². The first kappa shape index (κ1) is 10.5. The van der Waals surface area contributed by atoms with Crippen LogP contribution in [0.15, 0.2) is 0 Å². The highest BCUT2D eigenvalue weighted by Crippen LogP contribution is 2.37. The van der Waals surface area contributed by atoms with Gasteiger partial charge in [0.1, 0.15) is 0 Å². The molecule has 0 radical (unpaired) electrons. The molecule has 3 heteroatoms. The number of ether oxygens (including phenoxy) is 1. The molecular formula is C10H18O3. The van der Waals surface area contributed by atoms with Crippen molar-refractivity contribution in [1.82, 2.24) is 0 Å². The Hall–Kier alpha value is -0.570. The predicted octanol–water partition coefficient (Wildman–Crippen LogP) is 1.49. The summed E-state index contributed by atoms with van der Waals surface area (Å²) in [5.74, 6) is -0.605. The van der Waals surface area contributed by atoms with E-state index < -0.39 is 5.60 Å². The normalized spacial score (nSPS) is 22.7. The lowest BCUT2D eigenvalue weighted by Gasteiger charge is -2.29. The number of esters is 1. The standard InChI is InChI=1S/C10H18O3/c1-3-8(9(11)13-2)10(12)6-4-5-7-10/h8,12H,3-7H2,1-2H3. The molecule has 76 valence electrons. The second-order valence-electron chi connectivity index (χ2n) is 3.79. The summed E-state index contributed by atoms with van der Waals surface area (Å²) < 4.78 is 4.68. The molecule has 13 heavy (non-hydrogen) atoms. The minimum atomic E-state index is -0.790. The Morgan fingerprint density at radius 2 is 2.08 bits per heavy atom. The van der Waals surface area contributed by atoms with Crippen LogP contribution in [-0.4, -0.2) is 23.8 Å². The molecule has 1 N–H and O–H groups in total. The number of hydrogen-bond donors (Lipinski definition) is 1. The number of hydrogen-bond acceptors (Lipinski definition) is 3. The number of aliphatic hydroxyl groups is 1. The first-order chi connectivity index (χ1) is 6.14. The lowest BCUT2D eigenvalue weighted by Crippen LogP contribution is -2.40. The summed E-state index contributed by atoms with van der Waals surface area (Å²) in [6.07, 6.45) is 4.17. The minimum absolute atomic E-state index is 0.271. The third kappa shape index (κ3) is 2.02. The van der Waals surface area contributed by atoms with Crippen LogP contribution in [-0.2, 0) is 9.53 Å². The van der Waals surface area contributed by atoms with Gasteiger partial charge in [-0.25, -0.2) is 0 Å². The third-order valence-electron chi connectivity index (χ3n) is 3.01. The zero-order chi connectivity index (χ0) is 9.90. The molecule has 0 heterocycles. The highest BCUT2D eigenvalue weighted by atomic mass is 16.5. The quantitative estimate of drug-likeness (QED) is 0.679. The topological polar surface area (TPSA) is 46.5 Å². The van der Waals surface area contributed by atoms with E-state index in [2.05, 4.69) is 4.74 Å². The summed E-state index contributed by atoms with van der Waals surface area (Å²) >= 11 is 0. The van der Waals surface area contributed by atoms with Crippen LogP contribution in [0.25, 0.3) is 0 Å². The minimum Gasteiger partial charge on any atom is -0.469 e. The van der Waals surface area contributed by atoms with Crippen molar-refractivity contribution in [3.05, 3.63) is 0 Å². The largest absolute Gasteiger partial charge is 0.469 e. The van der Waals surface area contributed by atoms with E-state index in [1.807, 2.05) is 6.92 Å². The van der Waals surface area contributed by atoms with Crippen LogP contribution < -0.4 is 0 Å². The Labute approximate surface area is 79.1 Å². The average Bonchev–Trinajstić information content (AvgIpc) is 2.53. The smallest absolute Gasteiger partial charge is 0.311 e. The van der Waals surface area contributed by atoms with Crippen molar-refractivity contribution in [3.63, 3.8) is 0 Å². The van der Waals surface area contributed by atoms with Gasteiger partial charge in [-0.15, -0.1) is 0 Å². The van der Waals surface area contributed by atoms with Gasteiger partial charge in [0, 0.05) is 0 Å². The van der Waals surface area contributed by atoms with Gasteiger partial charge in [0.15, 0.2) is 0 Å². The summed E-state index contributed by atoms with van der Waals surface area (Å²) in [6, 6.07) is 0. The van der Waals surface area contributed by atoms with E-state index in [0.29, 0.717) is 6.42 Å². The second-order valence-corrected chi connectivity index (χ2v) is 3.79. The van der Waals surface area contributed by atoms with E-state index in [1.165, 1.54) is 7.11 Å². The average molecular weight is 186 g/mol. The molecule has 1 aliphatic rings. The number of methoxy groups -OCH3 is 1. The molecule has 1 rings (SSSR count). The van der Waals surface area contributed by atoms with Crippen molar-refractivity contribution in [1.29, 1.82) is 0 Å². The molecule has 0 aromatic carbocycles. The van der Waals surface area contributed by atoms with Crippen LogP contribution in [0, 0.1) is 5.92 Å². The molecule has 1 aliphatic carbocycles. The van der Waals surface area contributed by atoms with Gasteiger partial charge in [-0.2, -0.15) is 0 Å². The van der Waals surface area contributed by atoms with Crippen molar-refractivity contribution in [2.45, 2.75) is 44.6 Å². The fourth-order valence-corrected chi connectivity index (χ4v) is 2.24. The SMILES string of the molecule is CCC(C(=O)OC)C1(O)CCCC1. The Morgan fingerprint density at radius 3 is 2.46 bits per heavy atom. The molecule has 0 saturated heterocycles. The monoisotopic (exact) mass is 186 g/mol.